The van der Waals surface area contributed by atoms with Crippen LogP contribution >= 0.6 is 0 Å². The van der Waals surface area contributed by atoms with E-state index in [4.69, 9.17) is 5.73 Å². The number of likely N-dealkylation sites (tertiary alicyclic amines) is 1. The van der Waals surface area contributed by atoms with E-state index in [9.17, 15) is 5.11 Å². The average Bonchev–Trinajstić information content (AvgIpc) is 3.17. The number of guanidine groups is 1. The molecule has 19 heavy (non-hydrogen) atoms. The minimum Gasteiger partial charge on any atom is -0.392 e. The third-order valence-electron chi connectivity index (χ3n) is 4.81. The Kier molecular flexibility index (Phi) is 4.39. The molecule has 1 unspecified atom stereocenters. The Morgan fingerprint density at radius 2 is 1.95 bits per heavy atom. The molecule has 0 spiro atoms. The molecule has 3 N–H and O–H groups in total. The Bertz CT molecular complexity index is 328. The minimum atomic E-state index is -0.245. The van der Waals surface area contributed by atoms with Crippen LogP contribution in [0.1, 0.15) is 46.5 Å². The van der Waals surface area contributed by atoms with Crippen LogP contribution in [0.5, 0.6) is 0 Å². The number of nitrogens with two attached hydrogens (primary N) is 1. The van der Waals surface area contributed by atoms with Crippen LogP contribution in [0.25, 0.3) is 0 Å². The Morgan fingerprint density at radius 1 is 1.37 bits per heavy atom. The molecule has 0 amide bonds. The van der Waals surface area contributed by atoms with Gasteiger partial charge < -0.3 is 15.7 Å². The van der Waals surface area contributed by atoms with E-state index < -0.39 is 0 Å². The molecule has 1 saturated heterocycles. The molecule has 4 nitrogen and oxygen atoms in total. The first-order valence-electron chi connectivity index (χ1n) is 7.67. The fourth-order valence-corrected chi connectivity index (χ4v) is 2.99. The third-order valence-corrected chi connectivity index (χ3v) is 4.81. The second kappa shape index (κ2) is 5.70. The largest absolute Gasteiger partial charge is 0.392 e. The lowest BCUT2D eigenvalue weighted by molar-refractivity contribution is 0.0547. The number of aliphatic hydroxyl groups is 1. The summed E-state index contributed by atoms with van der Waals surface area (Å²) in [5.74, 6) is 1.78. The summed E-state index contributed by atoms with van der Waals surface area (Å²) in [6.07, 6.45) is 4.33. The smallest absolute Gasteiger partial charge is 0.191 e. The van der Waals surface area contributed by atoms with Gasteiger partial charge in [-0.05, 0) is 37.5 Å². The summed E-state index contributed by atoms with van der Waals surface area (Å²) in [6.45, 7) is 9.17. The van der Waals surface area contributed by atoms with E-state index >= 15 is 0 Å². The van der Waals surface area contributed by atoms with Gasteiger partial charge in [-0.2, -0.15) is 0 Å². The first-order chi connectivity index (χ1) is 8.94. The van der Waals surface area contributed by atoms with E-state index in [1.807, 2.05) is 0 Å². The maximum absolute atomic E-state index is 10.3. The zero-order chi connectivity index (χ0) is 14.0. The quantitative estimate of drug-likeness (QED) is 0.603. The molecule has 1 heterocycles. The van der Waals surface area contributed by atoms with E-state index in [0.29, 0.717) is 18.4 Å². The summed E-state index contributed by atoms with van der Waals surface area (Å²) in [7, 11) is 0. The summed E-state index contributed by atoms with van der Waals surface area (Å²) >= 11 is 0. The van der Waals surface area contributed by atoms with Gasteiger partial charge in [0, 0.05) is 18.5 Å². The first kappa shape index (κ1) is 14.6. The molecular formula is C15H29N3O. The Labute approximate surface area is 117 Å². The van der Waals surface area contributed by atoms with Crippen LogP contribution in [0.4, 0.5) is 0 Å². The summed E-state index contributed by atoms with van der Waals surface area (Å²) in [5.41, 5.74) is 6.12. The van der Waals surface area contributed by atoms with Crippen LogP contribution in [0.15, 0.2) is 4.99 Å². The highest BCUT2D eigenvalue weighted by Gasteiger charge is 2.49. The van der Waals surface area contributed by atoms with Crippen molar-refractivity contribution >= 4 is 5.96 Å². The van der Waals surface area contributed by atoms with Crippen molar-refractivity contribution in [1.82, 2.24) is 4.90 Å². The molecule has 0 aromatic carbocycles. The molecule has 1 aliphatic heterocycles. The van der Waals surface area contributed by atoms with Gasteiger partial charge in [0.05, 0.1) is 12.6 Å². The van der Waals surface area contributed by atoms with Crippen molar-refractivity contribution in [3.63, 3.8) is 0 Å². The molecule has 2 aliphatic rings. The van der Waals surface area contributed by atoms with Crippen LogP contribution in [-0.4, -0.2) is 41.7 Å². The van der Waals surface area contributed by atoms with Crippen molar-refractivity contribution in [2.24, 2.45) is 28.0 Å². The van der Waals surface area contributed by atoms with E-state index in [1.165, 1.54) is 12.8 Å². The number of hydrogen-bond acceptors (Lipinski definition) is 2. The van der Waals surface area contributed by atoms with Crippen molar-refractivity contribution in [1.29, 1.82) is 0 Å². The van der Waals surface area contributed by atoms with Crippen molar-refractivity contribution in [2.75, 3.05) is 19.6 Å². The highest BCUT2D eigenvalue weighted by molar-refractivity contribution is 5.78. The molecule has 1 saturated carbocycles. The number of aliphatic hydroxyl groups excluding tert-OH is 1. The topological polar surface area (TPSA) is 61.8 Å². The number of hydrogen-bond donors (Lipinski definition) is 2. The standard InChI is InChI=1S/C15H29N3O/c1-11(2)13(19)15(6-7-15)10-17-14(16)18-8-4-12(3)5-9-18/h11-13,19H,4-10H2,1-3H3,(H2,16,17). The van der Waals surface area contributed by atoms with Crippen molar-refractivity contribution < 1.29 is 5.11 Å². The fourth-order valence-electron chi connectivity index (χ4n) is 2.99. The van der Waals surface area contributed by atoms with E-state index in [-0.39, 0.29) is 11.5 Å². The van der Waals surface area contributed by atoms with E-state index in [1.54, 1.807) is 0 Å². The SMILES string of the molecule is CC1CCN(C(N)=NCC2(C(O)C(C)C)CC2)CC1. The maximum Gasteiger partial charge on any atom is 0.191 e. The average molecular weight is 267 g/mol. The lowest BCUT2D eigenvalue weighted by atomic mass is 9.90. The van der Waals surface area contributed by atoms with Crippen LogP contribution in [-0.2, 0) is 0 Å². The number of aliphatic imine (C=N–C) groups is 1. The summed E-state index contributed by atoms with van der Waals surface area (Å²) in [5, 5.41) is 10.3. The first-order valence-corrected chi connectivity index (χ1v) is 7.67. The van der Waals surface area contributed by atoms with Gasteiger partial charge in [-0.1, -0.05) is 20.8 Å². The highest BCUT2D eigenvalue weighted by atomic mass is 16.3. The Hall–Kier alpha value is -0.770. The van der Waals surface area contributed by atoms with Gasteiger partial charge in [0.25, 0.3) is 0 Å². The lowest BCUT2D eigenvalue weighted by Gasteiger charge is -2.31. The predicted octanol–water partition coefficient (Wildman–Crippen LogP) is 1.83. The summed E-state index contributed by atoms with van der Waals surface area (Å²) in [6, 6.07) is 0. The van der Waals surface area contributed by atoms with Crippen LogP contribution in [0, 0.1) is 17.3 Å². The fraction of sp³-hybridized carbons (Fsp3) is 0.933. The van der Waals surface area contributed by atoms with Gasteiger partial charge in [-0.25, -0.2) is 0 Å². The predicted molar refractivity (Wildman–Crippen MR) is 79.0 cm³/mol. The second-order valence-electron chi connectivity index (χ2n) is 6.90. The molecule has 0 radical (unpaired) electrons. The Balaban J connectivity index is 1.88. The van der Waals surface area contributed by atoms with Crippen LogP contribution in [0.2, 0.25) is 0 Å². The molecule has 2 fully saturated rings. The number of piperidine rings is 1. The maximum atomic E-state index is 10.3. The molecule has 0 aromatic rings. The van der Waals surface area contributed by atoms with Crippen molar-refractivity contribution in [3.05, 3.63) is 0 Å². The monoisotopic (exact) mass is 267 g/mol. The molecule has 0 bridgehead atoms. The van der Waals surface area contributed by atoms with Gasteiger partial charge in [-0.3, -0.25) is 4.99 Å². The van der Waals surface area contributed by atoms with Crippen molar-refractivity contribution in [2.45, 2.75) is 52.6 Å². The lowest BCUT2D eigenvalue weighted by Crippen LogP contribution is -2.43. The molecule has 1 atom stereocenters. The molecule has 0 aromatic heterocycles. The highest BCUT2D eigenvalue weighted by Crippen LogP contribution is 2.50. The van der Waals surface area contributed by atoms with Crippen LogP contribution < -0.4 is 5.73 Å². The zero-order valence-electron chi connectivity index (χ0n) is 12.6. The van der Waals surface area contributed by atoms with Crippen LogP contribution in [0.3, 0.4) is 0 Å². The zero-order valence-corrected chi connectivity index (χ0v) is 12.6. The normalized spacial score (nSPS) is 25.7. The molecule has 1 aliphatic carbocycles. The van der Waals surface area contributed by atoms with E-state index in [0.717, 1.165) is 31.8 Å². The number of rotatable bonds is 4. The summed E-state index contributed by atoms with van der Waals surface area (Å²) < 4.78 is 0. The summed E-state index contributed by atoms with van der Waals surface area (Å²) in [4.78, 5) is 6.76. The van der Waals surface area contributed by atoms with Gasteiger partial charge in [0.2, 0.25) is 0 Å². The number of nitrogens with zero attached hydrogens (tertiary/aromatic N) is 2. The van der Waals surface area contributed by atoms with Gasteiger partial charge >= 0.3 is 0 Å². The third kappa shape index (κ3) is 3.41. The van der Waals surface area contributed by atoms with Crippen molar-refractivity contribution in [3.8, 4) is 0 Å². The minimum absolute atomic E-state index is 0.0157. The van der Waals surface area contributed by atoms with Gasteiger partial charge in [-0.15, -0.1) is 0 Å². The molecule has 2 rings (SSSR count). The van der Waals surface area contributed by atoms with Gasteiger partial charge in [0.15, 0.2) is 5.96 Å². The molecule has 4 heteroatoms. The van der Waals surface area contributed by atoms with E-state index in [2.05, 4.69) is 30.7 Å². The molecule has 110 valence electrons. The second-order valence-corrected chi connectivity index (χ2v) is 6.90. The Morgan fingerprint density at radius 3 is 2.42 bits per heavy atom. The molecular weight excluding hydrogens is 238 g/mol. The van der Waals surface area contributed by atoms with Gasteiger partial charge in [0.1, 0.15) is 0 Å².